The maximum atomic E-state index is 10.9. The monoisotopic (exact) mass is 369 g/mol. The summed E-state index contributed by atoms with van der Waals surface area (Å²) in [5, 5.41) is 19.7. The number of rotatable bonds is 9. The van der Waals surface area contributed by atoms with Crippen LogP contribution in [0.25, 0.3) is 22.6 Å². The zero-order chi connectivity index (χ0) is 19.2. The Bertz CT molecular complexity index is 905. The summed E-state index contributed by atoms with van der Waals surface area (Å²) in [5.41, 5.74) is 2.92. The van der Waals surface area contributed by atoms with E-state index in [9.17, 15) is 10.1 Å². The van der Waals surface area contributed by atoms with Crippen LogP contribution in [0.1, 0.15) is 25.7 Å². The van der Waals surface area contributed by atoms with E-state index < -0.39 is 4.92 Å². The van der Waals surface area contributed by atoms with Crippen LogP contribution in [0.3, 0.4) is 0 Å². The van der Waals surface area contributed by atoms with E-state index in [1.165, 1.54) is 12.1 Å². The molecule has 27 heavy (non-hydrogen) atoms. The van der Waals surface area contributed by atoms with Crippen molar-refractivity contribution in [3.8, 4) is 11.5 Å². The van der Waals surface area contributed by atoms with Gasteiger partial charge in [-0.05, 0) is 43.2 Å². The Morgan fingerprint density at radius 3 is 2.56 bits per heavy atom. The quantitative estimate of drug-likeness (QED) is 0.341. The van der Waals surface area contributed by atoms with Crippen molar-refractivity contribution in [2.24, 2.45) is 0 Å². The molecule has 0 spiro atoms. The Hall–Kier alpha value is -2.93. The Morgan fingerprint density at radius 2 is 1.85 bits per heavy atom. The number of hydrogen-bond donors (Lipinski definition) is 1. The first-order valence-electron chi connectivity index (χ1n) is 9.06. The lowest BCUT2D eigenvalue weighted by atomic mass is 10.1. The number of nitro groups is 1. The van der Waals surface area contributed by atoms with Gasteiger partial charge < -0.3 is 14.4 Å². The highest BCUT2D eigenvalue weighted by molar-refractivity contribution is 5.78. The predicted octanol–water partition coefficient (Wildman–Crippen LogP) is 4.39. The molecule has 0 saturated heterocycles. The summed E-state index contributed by atoms with van der Waals surface area (Å²) in [5.74, 6) is 0.448. The second kappa shape index (κ2) is 8.64. The van der Waals surface area contributed by atoms with Gasteiger partial charge in [0.25, 0.3) is 5.69 Å². The van der Waals surface area contributed by atoms with Gasteiger partial charge in [0.05, 0.1) is 11.0 Å². The van der Waals surface area contributed by atoms with E-state index in [0.29, 0.717) is 17.0 Å². The summed E-state index contributed by atoms with van der Waals surface area (Å²) in [6.45, 7) is 1.22. The van der Waals surface area contributed by atoms with Crippen LogP contribution in [-0.4, -0.2) is 35.2 Å². The topological polar surface area (TPSA) is 92.6 Å². The molecule has 1 heterocycles. The Morgan fingerprint density at radius 1 is 1.11 bits per heavy atom. The van der Waals surface area contributed by atoms with Gasteiger partial charge in [-0.2, -0.15) is 0 Å². The van der Waals surface area contributed by atoms with E-state index in [2.05, 4.69) is 16.9 Å². The zero-order valence-corrected chi connectivity index (χ0v) is 15.3. The molecule has 3 aromatic rings. The highest BCUT2D eigenvalue weighted by Crippen LogP contribution is 2.28. The number of anilines is 1. The SMILES string of the molecule is CN(CCCCCCO)c1ccc(-c2nc3ccc([N+](=O)[O-])cc3o2)cc1. The third-order valence-corrected chi connectivity index (χ3v) is 4.54. The number of fused-ring (bicyclic) bond motifs is 1. The molecule has 2 aromatic carbocycles. The standard InChI is InChI=1S/C20H23N3O4/c1-22(12-4-2-3-5-13-24)16-8-6-15(7-9-16)20-21-18-11-10-17(23(25)26)14-19(18)27-20/h6-11,14,24H,2-5,12-13H2,1H3. The minimum Gasteiger partial charge on any atom is -0.436 e. The third-order valence-electron chi connectivity index (χ3n) is 4.54. The van der Waals surface area contributed by atoms with Crippen LogP contribution in [0, 0.1) is 10.1 Å². The zero-order valence-electron chi connectivity index (χ0n) is 15.3. The van der Waals surface area contributed by atoms with Crippen LogP contribution in [-0.2, 0) is 0 Å². The second-order valence-corrected chi connectivity index (χ2v) is 6.53. The molecule has 1 aromatic heterocycles. The van der Waals surface area contributed by atoms with Crippen LogP contribution in [0.5, 0.6) is 0 Å². The number of unbranched alkanes of at least 4 members (excludes halogenated alkanes) is 3. The maximum Gasteiger partial charge on any atom is 0.273 e. The number of hydrogen-bond acceptors (Lipinski definition) is 6. The minimum absolute atomic E-state index is 0.0128. The van der Waals surface area contributed by atoms with Crippen LogP contribution in [0.2, 0.25) is 0 Å². The van der Waals surface area contributed by atoms with Gasteiger partial charge >= 0.3 is 0 Å². The average Bonchev–Trinajstić information content (AvgIpc) is 3.11. The summed E-state index contributed by atoms with van der Waals surface area (Å²) >= 11 is 0. The van der Waals surface area contributed by atoms with E-state index in [1.807, 2.05) is 24.3 Å². The average molecular weight is 369 g/mol. The molecule has 0 atom stereocenters. The van der Waals surface area contributed by atoms with Gasteiger partial charge in [0.2, 0.25) is 5.89 Å². The molecule has 0 saturated carbocycles. The summed E-state index contributed by atoms with van der Waals surface area (Å²) < 4.78 is 5.70. The van der Waals surface area contributed by atoms with Gasteiger partial charge in [0.1, 0.15) is 5.52 Å². The summed E-state index contributed by atoms with van der Waals surface area (Å²) in [6, 6.07) is 12.3. The summed E-state index contributed by atoms with van der Waals surface area (Å²) in [7, 11) is 2.06. The first-order valence-corrected chi connectivity index (χ1v) is 9.06. The molecule has 142 valence electrons. The largest absolute Gasteiger partial charge is 0.436 e. The molecule has 0 unspecified atom stereocenters. The van der Waals surface area contributed by atoms with Crippen LogP contribution >= 0.6 is 0 Å². The summed E-state index contributed by atoms with van der Waals surface area (Å²) in [6.07, 6.45) is 4.12. The van der Waals surface area contributed by atoms with Crippen molar-refractivity contribution >= 4 is 22.5 Å². The second-order valence-electron chi connectivity index (χ2n) is 6.53. The Labute approximate surface area is 157 Å². The van der Waals surface area contributed by atoms with Crippen molar-refractivity contribution in [2.75, 3.05) is 25.1 Å². The lowest BCUT2D eigenvalue weighted by molar-refractivity contribution is -0.384. The predicted molar refractivity (Wildman–Crippen MR) is 105 cm³/mol. The van der Waals surface area contributed by atoms with Crippen LogP contribution in [0.4, 0.5) is 11.4 Å². The first kappa shape index (κ1) is 18.8. The molecule has 0 aliphatic rings. The molecular formula is C20H23N3O4. The number of non-ortho nitro benzene ring substituents is 1. The highest BCUT2D eigenvalue weighted by Gasteiger charge is 2.13. The van der Waals surface area contributed by atoms with Gasteiger partial charge in [-0.1, -0.05) is 12.8 Å². The van der Waals surface area contributed by atoms with E-state index in [-0.39, 0.29) is 12.3 Å². The normalized spacial score (nSPS) is 11.0. The molecule has 0 aliphatic heterocycles. The summed E-state index contributed by atoms with van der Waals surface area (Å²) in [4.78, 5) is 17.0. The number of oxazole rings is 1. The fraction of sp³-hybridized carbons (Fsp3) is 0.350. The number of aromatic nitrogens is 1. The lowest BCUT2D eigenvalue weighted by Crippen LogP contribution is -2.18. The fourth-order valence-electron chi connectivity index (χ4n) is 2.95. The Balaban J connectivity index is 1.67. The van der Waals surface area contributed by atoms with Crippen molar-refractivity contribution in [1.29, 1.82) is 0 Å². The Kier molecular flexibility index (Phi) is 6.03. The maximum absolute atomic E-state index is 10.9. The molecule has 0 aliphatic carbocycles. The van der Waals surface area contributed by atoms with E-state index in [1.54, 1.807) is 6.07 Å². The minimum atomic E-state index is -0.448. The number of aliphatic hydroxyl groups is 1. The van der Waals surface area contributed by atoms with Gasteiger partial charge in [-0.15, -0.1) is 0 Å². The highest BCUT2D eigenvalue weighted by atomic mass is 16.6. The van der Waals surface area contributed by atoms with Crippen molar-refractivity contribution in [3.63, 3.8) is 0 Å². The smallest absolute Gasteiger partial charge is 0.273 e. The molecule has 0 fully saturated rings. The van der Waals surface area contributed by atoms with E-state index in [4.69, 9.17) is 9.52 Å². The molecule has 0 amide bonds. The van der Waals surface area contributed by atoms with Gasteiger partial charge in [0, 0.05) is 37.5 Å². The van der Waals surface area contributed by atoms with Crippen molar-refractivity contribution in [2.45, 2.75) is 25.7 Å². The van der Waals surface area contributed by atoms with Gasteiger partial charge in [-0.25, -0.2) is 4.98 Å². The van der Waals surface area contributed by atoms with Crippen LogP contribution in [0.15, 0.2) is 46.9 Å². The molecule has 3 rings (SSSR count). The van der Waals surface area contributed by atoms with E-state index in [0.717, 1.165) is 43.5 Å². The molecule has 7 heteroatoms. The van der Waals surface area contributed by atoms with Crippen LogP contribution < -0.4 is 4.90 Å². The van der Waals surface area contributed by atoms with Crippen molar-refractivity contribution in [1.82, 2.24) is 4.98 Å². The number of benzene rings is 2. The molecule has 0 bridgehead atoms. The third kappa shape index (κ3) is 4.62. The molecule has 0 radical (unpaired) electrons. The first-order chi connectivity index (χ1) is 13.1. The van der Waals surface area contributed by atoms with Crippen molar-refractivity contribution in [3.05, 3.63) is 52.6 Å². The number of nitro benzene ring substituents is 1. The number of nitrogens with zero attached hydrogens (tertiary/aromatic N) is 3. The van der Waals surface area contributed by atoms with Gasteiger partial charge in [-0.3, -0.25) is 10.1 Å². The molecule has 1 N–H and O–H groups in total. The van der Waals surface area contributed by atoms with Crippen molar-refractivity contribution < 1.29 is 14.4 Å². The van der Waals surface area contributed by atoms with Gasteiger partial charge in [0.15, 0.2) is 5.58 Å². The fourth-order valence-corrected chi connectivity index (χ4v) is 2.95. The van der Waals surface area contributed by atoms with E-state index >= 15 is 0 Å². The number of aliphatic hydroxyl groups excluding tert-OH is 1. The molecular weight excluding hydrogens is 346 g/mol. The lowest BCUT2D eigenvalue weighted by Gasteiger charge is -2.19. The molecule has 7 nitrogen and oxygen atoms in total.